The Balaban J connectivity index is 1.96. The number of carbonyl (C=O) groups excluding carboxylic acids is 2. The van der Waals surface area contributed by atoms with Crippen LogP contribution in [0.2, 0.25) is 0 Å². The average Bonchev–Trinajstić information content (AvgIpc) is 2.62. The monoisotopic (exact) mass is 403 g/mol. The van der Waals surface area contributed by atoms with E-state index in [-0.39, 0.29) is 39.7 Å². The minimum atomic E-state index is -0.404. The number of alkyl halides is 1. The van der Waals surface area contributed by atoms with Gasteiger partial charge in [0.15, 0.2) is 11.6 Å². The smallest absolute Gasteiger partial charge is 0.198 e. The van der Waals surface area contributed by atoms with E-state index < -0.39 is 5.78 Å². The SMILES string of the molecule is Nc1c(OCCCCCBr)cc(O)c2c1C(=O)c1ccccc1C2=O. The number of aromatic hydroxyl groups is 1. The highest BCUT2D eigenvalue weighted by Gasteiger charge is 2.35. The van der Waals surface area contributed by atoms with Crippen molar-refractivity contribution in [1.82, 2.24) is 0 Å². The number of hydrogen-bond donors (Lipinski definition) is 2. The number of ketones is 2. The summed E-state index contributed by atoms with van der Waals surface area (Å²) in [6.45, 7) is 0.425. The van der Waals surface area contributed by atoms with Crippen LogP contribution in [-0.2, 0) is 0 Å². The van der Waals surface area contributed by atoms with Crippen LogP contribution in [0.25, 0.3) is 0 Å². The fourth-order valence-corrected chi connectivity index (χ4v) is 3.35. The number of nitrogens with two attached hydrogens (primary N) is 1. The molecule has 0 aliphatic heterocycles. The zero-order chi connectivity index (χ0) is 18.0. The second-order valence-corrected chi connectivity index (χ2v) is 6.65. The number of anilines is 1. The van der Waals surface area contributed by atoms with Crippen molar-refractivity contribution >= 4 is 33.2 Å². The van der Waals surface area contributed by atoms with Gasteiger partial charge >= 0.3 is 0 Å². The van der Waals surface area contributed by atoms with Crippen molar-refractivity contribution in [3.8, 4) is 11.5 Å². The van der Waals surface area contributed by atoms with Gasteiger partial charge in [0.25, 0.3) is 0 Å². The highest BCUT2D eigenvalue weighted by Crippen LogP contribution is 2.41. The summed E-state index contributed by atoms with van der Waals surface area (Å²) < 4.78 is 5.64. The summed E-state index contributed by atoms with van der Waals surface area (Å²) in [6, 6.07) is 7.85. The van der Waals surface area contributed by atoms with E-state index in [2.05, 4.69) is 15.9 Å². The molecule has 3 rings (SSSR count). The van der Waals surface area contributed by atoms with Crippen LogP contribution in [0.5, 0.6) is 11.5 Å². The van der Waals surface area contributed by atoms with E-state index in [1.54, 1.807) is 24.3 Å². The molecular weight excluding hydrogens is 386 g/mol. The summed E-state index contributed by atoms with van der Waals surface area (Å²) in [4.78, 5) is 25.4. The predicted molar refractivity (Wildman–Crippen MR) is 99.0 cm³/mol. The zero-order valence-electron chi connectivity index (χ0n) is 13.5. The van der Waals surface area contributed by atoms with Crippen molar-refractivity contribution in [2.75, 3.05) is 17.7 Å². The fraction of sp³-hybridized carbons (Fsp3) is 0.263. The average molecular weight is 404 g/mol. The molecule has 0 aromatic heterocycles. The van der Waals surface area contributed by atoms with E-state index in [1.807, 2.05) is 0 Å². The first kappa shape index (κ1) is 17.5. The number of hydrogen-bond acceptors (Lipinski definition) is 5. The molecule has 0 atom stereocenters. The lowest BCUT2D eigenvalue weighted by Gasteiger charge is -2.21. The van der Waals surface area contributed by atoms with Gasteiger partial charge in [0, 0.05) is 22.5 Å². The first-order valence-electron chi connectivity index (χ1n) is 8.09. The van der Waals surface area contributed by atoms with Gasteiger partial charge in [-0.25, -0.2) is 0 Å². The summed E-state index contributed by atoms with van der Waals surface area (Å²) in [7, 11) is 0. The fourth-order valence-electron chi connectivity index (χ4n) is 2.95. The molecule has 2 aromatic carbocycles. The van der Waals surface area contributed by atoms with Gasteiger partial charge in [-0.1, -0.05) is 40.2 Å². The molecule has 0 fully saturated rings. The van der Waals surface area contributed by atoms with E-state index in [4.69, 9.17) is 10.5 Å². The van der Waals surface area contributed by atoms with E-state index >= 15 is 0 Å². The molecule has 25 heavy (non-hydrogen) atoms. The number of rotatable bonds is 6. The van der Waals surface area contributed by atoms with Gasteiger partial charge in [-0.15, -0.1) is 0 Å². The van der Waals surface area contributed by atoms with Gasteiger partial charge in [-0.2, -0.15) is 0 Å². The van der Waals surface area contributed by atoms with Crippen LogP contribution >= 0.6 is 15.9 Å². The Kier molecular flexibility index (Phi) is 5.08. The maximum Gasteiger partial charge on any atom is 0.198 e. The van der Waals surface area contributed by atoms with Gasteiger partial charge in [-0.05, 0) is 19.3 Å². The lowest BCUT2D eigenvalue weighted by atomic mass is 9.82. The Morgan fingerprint density at radius 2 is 1.64 bits per heavy atom. The highest BCUT2D eigenvalue weighted by atomic mass is 79.9. The number of carbonyl (C=O) groups is 2. The third kappa shape index (κ3) is 3.14. The largest absolute Gasteiger partial charge is 0.507 e. The normalized spacial score (nSPS) is 12.7. The predicted octanol–water partition coefficient (Wildman–Crippen LogP) is 3.69. The molecule has 0 unspecified atom stereocenters. The minimum Gasteiger partial charge on any atom is -0.507 e. The maximum atomic E-state index is 12.8. The van der Waals surface area contributed by atoms with E-state index in [9.17, 15) is 14.7 Å². The highest BCUT2D eigenvalue weighted by molar-refractivity contribution is 9.09. The van der Waals surface area contributed by atoms with Crippen LogP contribution in [-0.4, -0.2) is 28.6 Å². The Labute approximate surface area is 153 Å². The lowest BCUT2D eigenvalue weighted by Crippen LogP contribution is -2.23. The second kappa shape index (κ2) is 7.27. The van der Waals surface area contributed by atoms with E-state index in [0.29, 0.717) is 12.2 Å². The van der Waals surface area contributed by atoms with Crippen molar-refractivity contribution in [3.63, 3.8) is 0 Å². The van der Waals surface area contributed by atoms with E-state index in [0.717, 1.165) is 24.6 Å². The molecule has 0 saturated heterocycles. The van der Waals surface area contributed by atoms with Gasteiger partial charge in [-0.3, -0.25) is 9.59 Å². The summed E-state index contributed by atoms with van der Waals surface area (Å²) in [6.07, 6.45) is 2.86. The van der Waals surface area contributed by atoms with Crippen molar-refractivity contribution < 1.29 is 19.4 Å². The first-order valence-corrected chi connectivity index (χ1v) is 9.21. The molecular formula is C19H18BrNO4. The number of ether oxygens (including phenoxy) is 1. The molecule has 0 spiro atoms. The maximum absolute atomic E-state index is 12.8. The minimum absolute atomic E-state index is 0.0270. The van der Waals surface area contributed by atoms with E-state index in [1.165, 1.54) is 6.07 Å². The molecule has 2 aromatic rings. The summed E-state index contributed by atoms with van der Waals surface area (Å²) in [5.41, 5.74) is 6.75. The number of fused-ring (bicyclic) bond motifs is 2. The summed E-state index contributed by atoms with van der Waals surface area (Å²) in [5, 5.41) is 11.2. The lowest BCUT2D eigenvalue weighted by molar-refractivity contribution is 0.0977. The quantitative estimate of drug-likeness (QED) is 0.283. The van der Waals surface area contributed by atoms with Crippen LogP contribution in [0.1, 0.15) is 51.1 Å². The van der Waals surface area contributed by atoms with Crippen molar-refractivity contribution in [3.05, 3.63) is 52.6 Å². The first-order chi connectivity index (χ1) is 12.1. The molecule has 0 radical (unpaired) electrons. The topological polar surface area (TPSA) is 89.6 Å². The third-order valence-corrected chi connectivity index (χ3v) is 4.78. The standard InChI is InChI=1S/C19H18BrNO4/c20-8-4-1-5-9-25-14-10-13(22)15-16(17(14)21)19(24)12-7-3-2-6-11(12)18(15)23/h2-3,6-7,10,22H,1,4-5,8-9,21H2. The van der Waals surface area contributed by atoms with Crippen LogP contribution in [0.4, 0.5) is 5.69 Å². The van der Waals surface area contributed by atoms with Crippen molar-refractivity contribution in [2.45, 2.75) is 19.3 Å². The van der Waals surface area contributed by atoms with Crippen LogP contribution < -0.4 is 10.5 Å². The number of nitrogen functional groups attached to an aromatic ring is 1. The molecule has 3 N–H and O–H groups in total. The zero-order valence-corrected chi connectivity index (χ0v) is 15.1. The van der Waals surface area contributed by atoms with Gasteiger partial charge in [0.2, 0.25) is 0 Å². The van der Waals surface area contributed by atoms with Crippen LogP contribution in [0.15, 0.2) is 30.3 Å². The number of phenols is 1. The van der Waals surface area contributed by atoms with Gasteiger partial charge < -0.3 is 15.6 Å². The number of unbranched alkanes of at least 4 members (excludes halogenated alkanes) is 2. The van der Waals surface area contributed by atoms with Crippen LogP contribution in [0.3, 0.4) is 0 Å². The molecule has 1 aliphatic carbocycles. The molecule has 130 valence electrons. The molecule has 6 heteroatoms. The number of halogens is 1. The second-order valence-electron chi connectivity index (χ2n) is 5.86. The molecule has 0 bridgehead atoms. The number of benzene rings is 2. The third-order valence-electron chi connectivity index (χ3n) is 4.21. The van der Waals surface area contributed by atoms with Crippen LogP contribution in [0, 0.1) is 0 Å². The molecule has 0 saturated carbocycles. The van der Waals surface area contributed by atoms with Gasteiger partial charge in [0.05, 0.1) is 23.4 Å². The number of phenolic OH excluding ortho intramolecular Hbond substituents is 1. The Hall–Kier alpha value is -2.34. The Bertz CT molecular complexity index is 848. The van der Waals surface area contributed by atoms with Crippen molar-refractivity contribution in [1.29, 1.82) is 0 Å². The molecule has 5 nitrogen and oxygen atoms in total. The summed E-state index contributed by atoms with van der Waals surface area (Å²) >= 11 is 3.37. The molecule has 0 heterocycles. The van der Waals surface area contributed by atoms with Gasteiger partial charge in [0.1, 0.15) is 11.5 Å². The summed E-state index contributed by atoms with van der Waals surface area (Å²) in [5.74, 6) is -0.829. The molecule has 1 aliphatic rings. The Morgan fingerprint density at radius 1 is 1.00 bits per heavy atom. The van der Waals surface area contributed by atoms with Crippen molar-refractivity contribution in [2.24, 2.45) is 0 Å². The Morgan fingerprint density at radius 3 is 2.28 bits per heavy atom. The molecule has 0 amide bonds.